The fourth-order valence-electron chi connectivity index (χ4n) is 3.59. The monoisotopic (exact) mass is 442 g/mol. The molecule has 1 aromatic heterocycles. The Morgan fingerprint density at radius 2 is 1.90 bits per heavy atom. The SMILES string of the molecule is CC(C)Oc1ccc(C(=O)NCCN2CCN(c3nc4c(F)cccc4s3)CC2)cc1. The summed E-state index contributed by atoms with van der Waals surface area (Å²) in [5, 5.41) is 3.86. The summed E-state index contributed by atoms with van der Waals surface area (Å²) in [6.07, 6.45) is 0.107. The van der Waals surface area contributed by atoms with Crippen molar-refractivity contribution in [3.05, 3.63) is 53.8 Å². The van der Waals surface area contributed by atoms with Crippen molar-refractivity contribution in [3.63, 3.8) is 0 Å². The minimum absolute atomic E-state index is 0.0776. The first kappa shape index (κ1) is 21.5. The van der Waals surface area contributed by atoms with Crippen LogP contribution in [0.4, 0.5) is 9.52 Å². The van der Waals surface area contributed by atoms with Crippen LogP contribution in [0.3, 0.4) is 0 Å². The van der Waals surface area contributed by atoms with Crippen molar-refractivity contribution >= 4 is 32.6 Å². The standard InChI is InChI=1S/C23H27FN4O2S/c1-16(2)30-18-8-6-17(7-9-18)22(29)25-10-11-27-12-14-28(15-13-27)23-26-21-19(24)4-3-5-20(21)31-23/h3-9,16H,10-15H2,1-2H3,(H,25,29). The van der Waals surface area contributed by atoms with Crippen LogP contribution in [0.15, 0.2) is 42.5 Å². The maximum absolute atomic E-state index is 13.9. The first-order valence-electron chi connectivity index (χ1n) is 10.6. The van der Waals surface area contributed by atoms with Crippen LogP contribution in [-0.2, 0) is 0 Å². The molecule has 6 nitrogen and oxygen atoms in total. The summed E-state index contributed by atoms with van der Waals surface area (Å²) in [5.74, 6) is 0.419. The Morgan fingerprint density at radius 1 is 1.16 bits per heavy atom. The summed E-state index contributed by atoms with van der Waals surface area (Å²) < 4.78 is 20.4. The lowest BCUT2D eigenvalue weighted by atomic mass is 10.2. The summed E-state index contributed by atoms with van der Waals surface area (Å²) in [6.45, 7) is 8.78. The van der Waals surface area contributed by atoms with Gasteiger partial charge in [0.1, 0.15) is 17.1 Å². The number of halogens is 1. The van der Waals surface area contributed by atoms with E-state index in [4.69, 9.17) is 4.74 Å². The van der Waals surface area contributed by atoms with Gasteiger partial charge in [0, 0.05) is 44.8 Å². The van der Waals surface area contributed by atoms with Gasteiger partial charge in [0.05, 0.1) is 10.8 Å². The maximum atomic E-state index is 13.9. The number of carbonyl (C=O) groups excluding carboxylic acids is 1. The molecule has 31 heavy (non-hydrogen) atoms. The minimum Gasteiger partial charge on any atom is -0.491 e. The molecule has 1 saturated heterocycles. The third-order valence-corrected chi connectivity index (χ3v) is 6.28. The molecule has 2 heterocycles. The molecule has 164 valence electrons. The summed E-state index contributed by atoms with van der Waals surface area (Å²) in [4.78, 5) is 21.4. The first-order valence-corrected chi connectivity index (χ1v) is 11.4. The van der Waals surface area contributed by atoms with Gasteiger partial charge in [-0.25, -0.2) is 9.37 Å². The normalized spacial score (nSPS) is 14.9. The van der Waals surface area contributed by atoms with E-state index in [-0.39, 0.29) is 17.8 Å². The Hall–Kier alpha value is -2.71. The Kier molecular flexibility index (Phi) is 6.67. The van der Waals surface area contributed by atoms with Crippen molar-refractivity contribution in [2.75, 3.05) is 44.2 Å². The van der Waals surface area contributed by atoms with Gasteiger partial charge in [-0.2, -0.15) is 0 Å². The predicted octanol–water partition coefficient (Wildman–Crippen LogP) is 3.77. The number of fused-ring (bicyclic) bond motifs is 1. The average Bonchev–Trinajstić information content (AvgIpc) is 3.20. The molecule has 1 aliphatic rings. The van der Waals surface area contributed by atoms with Crippen LogP contribution in [0.2, 0.25) is 0 Å². The fraction of sp³-hybridized carbons (Fsp3) is 0.391. The van der Waals surface area contributed by atoms with Gasteiger partial charge in [-0.3, -0.25) is 9.69 Å². The second-order valence-electron chi connectivity index (χ2n) is 7.86. The maximum Gasteiger partial charge on any atom is 0.251 e. The first-order chi connectivity index (χ1) is 15.0. The molecule has 8 heteroatoms. The van der Waals surface area contributed by atoms with Crippen LogP contribution in [-0.4, -0.2) is 61.2 Å². The average molecular weight is 443 g/mol. The molecule has 1 amide bonds. The number of rotatable bonds is 7. The summed E-state index contributed by atoms with van der Waals surface area (Å²) in [6, 6.07) is 12.3. The van der Waals surface area contributed by atoms with Gasteiger partial charge in [-0.05, 0) is 50.2 Å². The molecular formula is C23H27FN4O2S. The molecule has 1 aliphatic heterocycles. The Labute approximate surface area is 185 Å². The smallest absolute Gasteiger partial charge is 0.251 e. The number of amides is 1. The molecule has 0 saturated carbocycles. The van der Waals surface area contributed by atoms with Gasteiger partial charge in [0.25, 0.3) is 5.91 Å². The van der Waals surface area contributed by atoms with E-state index in [1.165, 1.54) is 17.4 Å². The Balaban J connectivity index is 1.22. The van der Waals surface area contributed by atoms with Crippen LogP contribution < -0.4 is 15.0 Å². The molecule has 0 atom stereocenters. The number of aromatic nitrogens is 1. The van der Waals surface area contributed by atoms with E-state index in [2.05, 4.69) is 20.1 Å². The van der Waals surface area contributed by atoms with Crippen LogP contribution in [0.1, 0.15) is 24.2 Å². The Morgan fingerprint density at radius 3 is 2.58 bits per heavy atom. The second-order valence-corrected chi connectivity index (χ2v) is 8.87. The molecule has 2 aromatic carbocycles. The van der Waals surface area contributed by atoms with E-state index in [1.54, 1.807) is 18.2 Å². The quantitative estimate of drug-likeness (QED) is 0.604. The molecule has 0 spiro atoms. The molecule has 0 bridgehead atoms. The number of hydrogen-bond donors (Lipinski definition) is 1. The van der Waals surface area contributed by atoms with Gasteiger partial charge >= 0.3 is 0 Å². The highest BCUT2D eigenvalue weighted by Gasteiger charge is 2.20. The number of piperazine rings is 1. The van der Waals surface area contributed by atoms with Crippen molar-refractivity contribution in [2.24, 2.45) is 0 Å². The van der Waals surface area contributed by atoms with Crippen molar-refractivity contribution in [1.29, 1.82) is 0 Å². The summed E-state index contributed by atoms with van der Waals surface area (Å²) in [5.41, 5.74) is 1.08. The zero-order valence-electron chi connectivity index (χ0n) is 17.8. The molecular weight excluding hydrogens is 415 g/mol. The minimum atomic E-state index is -0.267. The van der Waals surface area contributed by atoms with Crippen molar-refractivity contribution in [3.8, 4) is 5.75 Å². The molecule has 1 N–H and O–H groups in total. The van der Waals surface area contributed by atoms with E-state index in [1.807, 2.05) is 32.0 Å². The van der Waals surface area contributed by atoms with Gasteiger partial charge in [0.15, 0.2) is 5.13 Å². The van der Waals surface area contributed by atoms with E-state index >= 15 is 0 Å². The second kappa shape index (κ2) is 9.62. The zero-order valence-corrected chi connectivity index (χ0v) is 18.6. The highest BCUT2D eigenvalue weighted by molar-refractivity contribution is 7.22. The number of thiazole rings is 1. The van der Waals surface area contributed by atoms with E-state index < -0.39 is 0 Å². The highest BCUT2D eigenvalue weighted by atomic mass is 32.1. The molecule has 0 radical (unpaired) electrons. The number of para-hydroxylation sites is 1. The van der Waals surface area contributed by atoms with Gasteiger partial charge in [0.2, 0.25) is 0 Å². The fourth-order valence-corrected chi connectivity index (χ4v) is 4.62. The lowest BCUT2D eigenvalue weighted by Crippen LogP contribution is -2.48. The van der Waals surface area contributed by atoms with Crippen LogP contribution in [0, 0.1) is 5.82 Å². The number of benzene rings is 2. The number of nitrogens with zero attached hydrogens (tertiary/aromatic N) is 3. The van der Waals surface area contributed by atoms with Crippen molar-refractivity contribution in [1.82, 2.24) is 15.2 Å². The molecule has 3 aromatic rings. The lowest BCUT2D eigenvalue weighted by molar-refractivity contribution is 0.0947. The third kappa shape index (κ3) is 5.32. The van der Waals surface area contributed by atoms with E-state index in [0.29, 0.717) is 17.6 Å². The number of hydrogen-bond acceptors (Lipinski definition) is 6. The van der Waals surface area contributed by atoms with Crippen LogP contribution in [0.25, 0.3) is 10.2 Å². The molecule has 0 unspecified atom stereocenters. The zero-order chi connectivity index (χ0) is 21.8. The van der Waals surface area contributed by atoms with Gasteiger partial charge < -0.3 is 15.0 Å². The van der Waals surface area contributed by atoms with Gasteiger partial charge in [-0.1, -0.05) is 17.4 Å². The van der Waals surface area contributed by atoms with Crippen molar-refractivity contribution < 1.29 is 13.9 Å². The van der Waals surface area contributed by atoms with Crippen molar-refractivity contribution in [2.45, 2.75) is 20.0 Å². The topological polar surface area (TPSA) is 57.7 Å². The lowest BCUT2D eigenvalue weighted by Gasteiger charge is -2.34. The summed E-state index contributed by atoms with van der Waals surface area (Å²) in [7, 11) is 0. The third-order valence-electron chi connectivity index (χ3n) is 5.20. The Bertz CT molecular complexity index is 1030. The van der Waals surface area contributed by atoms with Gasteiger partial charge in [-0.15, -0.1) is 0 Å². The number of ether oxygens (including phenoxy) is 1. The summed E-state index contributed by atoms with van der Waals surface area (Å²) >= 11 is 1.53. The highest BCUT2D eigenvalue weighted by Crippen LogP contribution is 2.30. The molecule has 1 fully saturated rings. The van der Waals surface area contributed by atoms with Crippen LogP contribution in [0.5, 0.6) is 5.75 Å². The molecule has 0 aliphatic carbocycles. The number of anilines is 1. The largest absolute Gasteiger partial charge is 0.491 e. The van der Waals surface area contributed by atoms with E-state index in [0.717, 1.165) is 48.3 Å². The predicted molar refractivity (Wildman–Crippen MR) is 123 cm³/mol. The number of nitrogens with one attached hydrogen (secondary N) is 1. The number of carbonyl (C=O) groups is 1. The van der Waals surface area contributed by atoms with Crippen LogP contribution >= 0.6 is 11.3 Å². The molecule has 4 rings (SSSR count). The van der Waals surface area contributed by atoms with E-state index in [9.17, 15) is 9.18 Å².